The van der Waals surface area contributed by atoms with Gasteiger partial charge in [0, 0.05) is 0 Å². The lowest BCUT2D eigenvalue weighted by Crippen LogP contribution is -2.29. The molecule has 0 amide bonds. The second-order valence-corrected chi connectivity index (χ2v) is 4.58. The Morgan fingerprint density at radius 1 is 1.62 bits per heavy atom. The summed E-state index contributed by atoms with van der Waals surface area (Å²) in [6.07, 6.45) is 5.44. The molecule has 1 aliphatic carbocycles. The van der Waals surface area contributed by atoms with Gasteiger partial charge >= 0.3 is 0 Å². The quantitative estimate of drug-likeness (QED) is 0.596. The molecule has 0 radical (unpaired) electrons. The van der Waals surface area contributed by atoms with Crippen LogP contribution < -0.4 is 0 Å². The lowest BCUT2D eigenvalue weighted by atomic mass is 9.78. The summed E-state index contributed by atoms with van der Waals surface area (Å²) in [6, 6.07) is 0.376. The maximum atomic E-state index is 5.63. The van der Waals surface area contributed by atoms with Crippen LogP contribution in [0.15, 0.2) is 17.1 Å². The van der Waals surface area contributed by atoms with E-state index in [-0.39, 0.29) is 5.41 Å². The van der Waals surface area contributed by atoms with Crippen LogP contribution in [0.5, 0.6) is 0 Å². The van der Waals surface area contributed by atoms with Gasteiger partial charge in [0.15, 0.2) is 5.90 Å². The predicted octanol–water partition coefficient (Wildman–Crippen LogP) is 2.41. The second kappa shape index (κ2) is 2.86. The van der Waals surface area contributed by atoms with Gasteiger partial charge in [-0.25, -0.2) is 4.99 Å². The molecular weight excluding hydrogens is 162 g/mol. The van der Waals surface area contributed by atoms with Crippen LogP contribution >= 0.6 is 0 Å². The smallest absolute Gasteiger partial charge is 0.194 e. The average Bonchev–Trinajstić information content (AvgIpc) is 2.48. The van der Waals surface area contributed by atoms with Crippen LogP contribution in [0.2, 0.25) is 0 Å². The summed E-state index contributed by atoms with van der Waals surface area (Å²) in [7, 11) is 0. The second-order valence-electron chi connectivity index (χ2n) is 4.58. The minimum atomic E-state index is 0.115. The third kappa shape index (κ3) is 1.38. The Bertz CT molecular complexity index is 267. The van der Waals surface area contributed by atoms with Crippen molar-refractivity contribution in [2.45, 2.75) is 33.2 Å². The number of rotatable bonds is 2. The molecule has 0 spiro atoms. The van der Waals surface area contributed by atoms with E-state index in [0.717, 1.165) is 18.9 Å². The molecule has 0 saturated heterocycles. The summed E-state index contributed by atoms with van der Waals surface area (Å²) in [4.78, 5) is 4.62. The lowest BCUT2D eigenvalue weighted by Gasteiger charge is -2.29. The maximum absolute atomic E-state index is 5.63. The van der Waals surface area contributed by atoms with Gasteiger partial charge in [-0.3, -0.25) is 0 Å². The van der Waals surface area contributed by atoms with Crippen molar-refractivity contribution >= 4 is 5.90 Å². The predicted molar refractivity (Wildman–Crippen MR) is 53.9 cm³/mol. The van der Waals surface area contributed by atoms with Gasteiger partial charge in [-0.15, -0.1) is 0 Å². The first-order valence-corrected chi connectivity index (χ1v) is 5.00. The van der Waals surface area contributed by atoms with Crippen LogP contribution in [0, 0.1) is 11.3 Å². The van der Waals surface area contributed by atoms with Crippen molar-refractivity contribution in [3.05, 3.63) is 12.2 Å². The average molecular weight is 179 g/mol. The van der Waals surface area contributed by atoms with Gasteiger partial charge in [0.2, 0.25) is 0 Å². The summed E-state index contributed by atoms with van der Waals surface area (Å²) in [5.41, 5.74) is 0.115. The molecule has 2 heteroatoms. The highest BCUT2D eigenvalue weighted by Crippen LogP contribution is 2.37. The molecule has 0 aromatic carbocycles. The van der Waals surface area contributed by atoms with Crippen molar-refractivity contribution in [1.29, 1.82) is 0 Å². The van der Waals surface area contributed by atoms with Crippen molar-refractivity contribution in [3.63, 3.8) is 0 Å². The maximum Gasteiger partial charge on any atom is 0.194 e. The van der Waals surface area contributed by atoms with Gasteiger partial charge < -0.3 is 4.74 Å². The lowest BCUT2D eigenvalue weighted by molar-refractivity contribution is 0.263. The third-order valence-electron chi connectivity index (χ3n) is 2.96. The molecule has 2 aliphatic rings. The molecule has 2 atom stereocenters. The van der Waals surface area contributed by atoms with Crippen LogP contribution in [0.4, 0.5) is 0 Å². The molecule has 0 aromatic rings. The zero-order valence-corrected chi connectivity index (χ0v) is 8.58. The Morgan fingerprint density at radius 3 is 2.69 bits per heavy atom. The summed E-state index contributed by atoms with van der Waals surface area (Å²) in [6.45, 7) is 7.35. The Balaban J connectivity index is 2.10. The number of aliphatic imine (C=N–C) groups is 1. The van der Waals surface area contributed by atoms with Gasteiger partial charge in [-0.05, 0) is 19.3 Å². The molecule has 72 valence electrons. The van der Waals surface area contributed by atoms with Gasteiger partial charge in [0.05, 0.1) is 11.5 Å². The molecule has 0 saturated carbocycles. The topological polar surface area (TPSA) is 21.6 Å². The minimum absolute atomic E-state index is 0.115. The van der Waals surface area contributed by atoms with E-state index in [9.17, 15) is 0 Å². The van der Waals surface area contributed by atoms with Crippen molar-refractivity contribution < 1.29 is 4.74 Å². The molecule has 2 rings (SSSR count). The Morgan fingerprint density at radius 2 is 2.31 bits per heavy atom. The van der Waals surface area contributed by atoms with E-state index < -0.39 is 0 Å². The minimum Gasteiger partial charge on any atom is -0.478 e. The fourth-order valence-corrected chi connectivity index (χ4v) is 1.67. The van der Waals surface area contributed by atoms with Gasteiger partial charge in [0.1, 0.15) is 6.61 Å². The van der Waals surface area contributed by atoms with E-state index >= 15 is 0 Å². The van der Waals surface area contributed by atoms with E-state index in [1.165, 1.54) is 0 Å². The molecular formula is C11H17NO. The van der Waals surface area contributed by atoms with Gasteiger partial charge in [-0.2, -0.15) is 0 Å². The van der Waals surface area contributed by atoms with Crippen molar-refractivity contribution in [1.82, 2.24) is 0 Å². The molecule has 0 fully saturated rings. The Kier molecular flexibility index (Phi) is 1.94. The standard InChI is InChI=1S/C11H17NO/c1-8(2)9-7-13-10(12-9)11(3)5-4-6-11/h4-5,8-9H,6-7H2,1-3H3. The van der Waals surface area contributed by atoms with Crippen LogP contribution in [0.25, 0.3) is 0 Å². The summed E-state index contributed by atoms with van der Waals surface area (Å²) in [5.74, 6) is 1.54. The molecule has 2 nitrogen and oxygen atoms in total. The van der Waals surface area contributed by atoms with E-state index in [1.54, 1.807) is 0 Å². The van der Waals surface area contributed by atoms with Crippen LogP contribution in [-0.4, -0.2) is 18.5 Å². The molecule has 0 aromatic heterocycles. The fraction of sp³-hybridized carbons (Fsp3) is 0.727. The molecule has 0 bridgehead atoms. The summed E-state index contributed by atoms with van der Waals surface area (Å²) < 4.78 is 5.63. The highest BCUT2D eigenvalue weighted by atomic mass is 16.5. The van der Waals surface area contributed by atoms with E-state index in [2.05, 4.69) is 37.9 Å². The van der Waals surface area contributed by atoms with Crippen molar-refractivity contribution in [2.24, 2.45) is 16.3 Å². The monoisotopic (exact) mass is 179 g/mol. The summed E-state index contributed by atoms with van der Waals surface area (Å²) >= 11 is 0. The molecule has 2 unspecified atom stereocenters. The Labute approximate surface area is 79.7 Å². The number of hydrogen-bond acceptors (Lipinski definition) is 2. The van der Waals surface area contributed by atoms with E-state index in [0.29, 0.717) is 12.0 Å². The number of allylic oxidation sites excluding steroid dienone is 1. The third-order valence-corrected chi connectivity index (χ3v) is 2.96. The fourth-order valence-electron chi connectivity index (χ4n) is 1.67. The first-order chi connectivity index (χ1) is 6.12. The zero-order chi connectivity index (χ0) is 9.47. The first kappa shape index (κ1) is 8.79. The zero-order valence-electron chi connectivity index (χ0n) is 8.58. The van der Waals surface area contributed by atoms with Crippen LogP contribution in [-0.2, 0) is 4.74 Å². The van der Waals surface area contributed by atoms with E-state index in [1.807, 2.05) is 0 Å². The number of ether oxygens (including phenoxy) is 1. The molecule has 13 heavy (non-hydrogen) atoms. The highest BCUT2D eigenvalue weighted by molar-refractivity contribution is 5.87. The molecule has 1 aliphatic heterocycles. The first-order valence-electron chi connectivity index (χ1n) is 5.00. The SMILES string of the molecule is CC(C)C1COC(C2(C)C=CC2)=N1. The van der Waals surface area contributed by atoms with Crippen molar-refractivity contribution in [2.75, 3.05) is 6.61 Å². The summed E-state index contributed by atoms with van der Waals surface area (Å²) in [5, 5.41) is 0. The van der Waals surface area contributed by atoms with Gasteiger partial charge in [0.25, 0.3) is 0 Å². The number of hydrogen-bond donors (Lipinski definition) is 0. The highest BCUT2D eigenvalue weighted by Gasteiger charge is 2.37. The molecule has 0 N–H and O–H groups in total. The number of nitrogens with zero attached hydrogens (tertiary/aromatic N) is 1. The van der Waals surface area contributed by atoms with Crippen LogP contribution in [0.1, 0.15) is 27.2 Å². The van der Waals surface area contributed by atoms with Gasteiger partial charge in [-0.1, -0.05) is 26.0 Å². The van der Waals surface area contributed by atoms with Crippen molar-refractivity contribution in [3.8, 4) is 0 Å². The van der Waals surface area contributed by atoms with E-state index in [4.69, 9.17) is 4.74 Å². The Hall–Kier alpha value is -0.790. The largest absolute Gasteiger partial charge is 0.478 e. The molecule has 1 heterocycles. The normalized spacial score (nSPS) is 37.2. The van der Waals surface area contributed by atoms with Crippen LogP contribution in [0.3, 0.4) is 0 Å².